The van der Waals surface area contributed by atoms with E-state index in [1.807, 2.05) is 35.2 Å². The molecule has 0 radical (unpaired) electrons. The van der Waals surface area contributed by atoms with E-state index in [-0.39, 0.29) is 24.7 Å². The fraction of sp³-hybridized carbons (Fsp3) is 0.350. The molecular weight excluding hydrogens is 332 g/mol. The summed E-state index contributed by atoms with van der Waals surface area (Å²) >= 11 is 0. The fourth-order valence-corrected chi connectivity index (χ4v) is 3.35. The van der Waals surface area contributed by atoms with Crippen molar-refractivity contribution in [1.29, 1.82) is 0 Å². The summed E-state index contributed by atoms with van der Waals surface area (Å²) in [7, 11) is 0. The van der Waals surface area contributed by atoms with Gasteiger partial charge in [0.15, 0.2) is 5.78 Å². The smallest absolute Gasteiger partial charge is 0.255 e. The minimum absolute atomic E-state index is 0.00296. The number of benzene rings is 1. The van der Waals surface area contributed by atoms with Gasteiger partial charge >= 0.3 is 0 Å². The van der Waals surface area contributed by atoms with Crippen LogP contribution in [-0.2, 0) is 11.2 Å². The Balaban J connectivity index is 1.37. The molecule has 4 rings (SSSR count). The Kier molecular flexibility index (Phi) is 4.56. The molecule has 3 heterocycles. The molecule has 0 spiro atoms. The molecular formula is C20H20N2O4. The zero-order valence-electron chi connectivity index (χ0n) is 14.4. The van der Waals surface area contributed by atoms with E-state index in [1.165, 1.54) is 6.20 Å². The molecule has 0 aliphatic carbocycles. The Bertz CT molecular complexity index is 822. The Morgan fingerprint density at radius 1 is 1.31 bits per heavy atom. The van der Waals surface area contributed by atoms with Gasteiger partial charge < -0.3 is 14.4 Å². The molecule has 1 atom stereocenters. The summed E-state index contributed by atoms with van der Waals surface area (Å²) in [5, 5.41) is 0. The number of pyridine rings is 1. The molecule has 6 heteroatoms. The minimum Gasteiger partial charge on any atom is -0.493 e. The monoisotopic (exact) mass is 352 g/mol. The van der Waals surface area contributed by atoms with Gasteiger partial charge in [-0.2, -0.15) is 0 Å². The second-order valence-electron chi connectivity index (χ2n) is 6.72. The number of Topliss-reactive ketones (excluding diaryl/α,β-unsaturated/α-hetero) is 1. The van der Waals surface area contributed by atoms with Crippen LogP contribution in [-0.4, -0.2) is 47.9 Å². The third-order valence-electron chi connectivity index (χ3n) is 4.73. The Hall–Kier alpha value is -2.89. The Labute approximate surface area is 151 Å². The minimum atomic E-state index is -0.0551. The third-order valence-corrected chi connectivity index (χ3v) is 4.73. The lowest BCUT2D eigenvalue weighted by molar-refractivity contribution is -0.121. The molecule has 1 saturated heterocycles. The summed E-state index contributed by atoms with van der Waals surface area (Å²) in [5.41, 5.74) is 1.20. The quantitative estimate of drug-likeness (QED) is 0.843. The number of hydrogen-bond acceptors (Lipinski definition) is 5. The highest BCUT2D eigenvalue weighted by Gasteiger charge is 2.28. The van der Waals surface area contributed by atoms with Gasteiger partial charge in [0.2, 0.25) is 5.88 Å². The first-order valence-corrected chi connectivity index (χ1v) is 8.79. The van der Waals surface area contributed by atoms with Crippen LogP contribution in [0.25, 0.3) is 0 Å². The van der Waals surface area contributed by atoms with Crippen LogP contribution in [0.2, 0.25) is 0 Å². The van der Waals surface area contributed by atoms with Gasteiger partial charge in [-0.3, -0.25) is 9.59 Å². The van der Waals surface area contributed by atoms with Crippen LogP contribution in [0.15, 0.2) is 42.6 Å². The number of amides is 1. The van der Waals surface area contributed by atoms with Crippen molar-refractivity contribution in [1.82, 2.24) is 9.88 Å². The van der Waals surface area contributed by atoms with Gasteiger partial charge in [0, 0.05) is 37.2 Å². The van der Waals surface area contributed by atoms with Crippen LogP contribution in [0.3, 0.4) is 0 Å². The molecule has 1 fully saturated rings. The number of aromatic nitrogens is 1. The maximum atomic E-state index is 12.8. The van der Waals surface area contributed by atoms with Gasteiger partial charge in [0.25, 0.3) is 5.91 Å². The third kappa shape index (κ3) is 3.54. The van der Waals surface area contributed by atoms with Crippen molar-refractivity contribution >= 4 is 11.7 Å². The van der Waals surface area contributed by atoms with E-state index in [9.17, 15) is 9.59 Å². The molecule has 2 aliphatic heterocycles. The molecule has 1 unspecified atom stereocenters. The van der Waals surface area contributed by atoms with Gasteiger partial charge in [-0.1, -0.05) is 18.2 Å². The Morgan fingerprint density at radius 2 is 2.15 bits per heavy atom. The molecule has 1 aromatic heterocycles. The summed E-state index contributed by atoms with van der Waals surface area (Å²) in [5.74, 6) is 1.57. The second-order valence-corrected chi connectivity index (χ2v) is 6.72. The molecule has 134 valence electrons. The van der Waals surface area contributed by atoms with Crippen LogP contribution < -0.4 is 9.47 Å². The van der Waals surface area contributed by atoms with Crippen molar-refractivity contribution in [2.24, 2.45) is 5.92 Å². The summed E-state index contributed by atoms with van der Waals surface area (Å²) < 4.78 is 11.1. The average molecular weight is 352 g/mol. The molecule has 0 bridgehead atoms. The van der Waals surface area contributed by atoms with Crippen LogP contribution >= 0.6 is 0 Å². The van der Waals surface area contributed by atoms with E-state index in [0.29, 0.717) is 42.6 Å². The summed E-state index contributed by atoms with van der Waals surface area (Å²) in [4.78, 5) is 30.3. The first-order chi connectivity index (χ1) is 12.7. The van der Waals surface area contributed by atoms with E-state index in [0.717, 1.165) is 12.2 Å². The van der Waals surface area contributed by atoms with E-state index in [4.69, 9.17) is 9.47 Å². The van der Waals surface area contributed by atoms with E-state index in [2.05, 4.69) is 4.98 Å². The van der Waals surface area contributed by atoms with Crippen molar-refractivity contribution < 1.29 is 19.1 Å². The highest BCUT2D eigenvalue weighted by Crippen LogP contribution is 2.24. The predicted molar refractivity (Wildman–Crippen MR) is 94.4 cm³/mol. The van der Waals surface area contributed by atoms with Crippen molar-refractivity contribution in [3.8, 4) is 11.6 Å². The van der Waals surface area contributed by atoms with Crippen LogP contribution in [0.4, 0.5) is 0 Å². The standard InChI is InChI=1S/C20H20N2O4/c23-17-9-15-8-16(10-21-19(15)26-13-17)20(24)22-7-6-14(11-22)12-25-18-4-2-1-3-5-18/h1-5,8,10,14H,6-7,9,11-13H2. The molecule has 1 amide bonds. The molecule has 26 heavy (non-hydrogen) atoms. The Morgan fingerprint density at radius 3 is 3.00 bits per heavy atom. The maximum absolute atomic E-state index is 12.8. The molecule has 0 N–H and O–H groups in total. The van der Waals surface area contributed by atoms with Gasteiger partial charge in [0.05, 0.1) is 12.2 Å². The normalized spacial score (nSPS) is 19.0. The molecule has 1 aromatic carbocycles. The van der Waals surface area contributed by atoms with E-state index >= 15 is 0 Å². The van der Waals surface area contributed by atoms with Crippen LogP contribution in [0, 0.1) is 5.92 Å². The lowest BCUT2D eigenvalue weighted by atomic mass is 10.1. The van der Waals surface area contributed by atoms with E-state index in [1.54, 1.807) is 6.07 Å². The lowest BCUT2D eigenvalue weighted by Crippen LogP contribution is -2.30. The number of fused-ring (bicyclic) bond motifs is 1. The van der Waals surface area contributed by atoms with Crippen molar-refractivity contribution in [3.63, 3.8) is 0 Å². The number of likely N-dealkylation sites (tertiary alicyclic amines) is 1. The highest BCUT2D eigenvalue weighted by molar-refractivity contribution is 5.95. The fourth-order valence-electron chi connectivity index (χ4n) is 3.35. The topological polar surface area (TPSA) is 68.7 Å². The lowest BCUT2D eigenvalue weighted by Gasteiger charge is -2.19. The maximum Gasteiger partial charge on any atom is 0.255 e. The van der Waals surface area contributed by atoms with Crippen LogP contribution in [0.1, 0.15) is 22.3 Å². The number of ether oxygens (including phenoxy) is 2. The molecule has 2 aliphatic rings. The first-order valence-electron chi connectivity index (χ1n) is 8.79. The predicted octanol–water partition coefficient (Wildman–Crippen LogP) is 2.13. The number of carbonyl (C=O) groups excluding carboxylic acids is 2. The number of ketones is 1. The summed E-state index contributed by atoms with van der Waals surface area (Å²) in [6, 6.07) is 11.4. The van der Waals surface area contributed by atoms with Gasteiger partial charge in [0.1, 0.15) is 12.4 Å². The number of rotatable bonds is 4. The van der Waals surface area contributed by atoms with E-state index < -0.39 is 0 Å². The summed E-state index contributed by atoms with van der Waals surface area (Å²) in [6.45, 7) is 2.02. The zero-order valence-corrected chi connectivity index (χ0v) is 14.4. The zero-order chi connectivity index (χ0) is 17.9. The van der Waals surface area contributed by atoms with Gasteiger partial charge in [-0.25, -0.2) is 4.98 Å². The number of carbonyl (C=O) groups is 2. The number of nitrogens with zero attached hydrogens (tertiary/aromatic N) is 2. The van der Waals surface area contributed by atoms with Crippen molar-refractivity contribution in [2.45, 2.75) is 12.8 Å². The molecule has 0 saturated carbocycles. The number of hydrogen-bond donors (Lipinski definition) is 0. The van der Waals surface area contributed by atoms with Crippen molar-refractivity contribution in [2.75, 3.05) is 26.3 Å². The van der Waals surface area contributed by atoms with Crippen LogP contribution in [0.5, 0.6) is 11.6 Å². The van der Waals surface area contributed by atoms with Gasteiger partial charge in [-0.15, -0.1) is 0 Å². The highest BCUT2D eigenvalue weighted by atomic mass is 16.5. The van der Waals surface area contributed by atoms with Gasteiger partial charge in [-0.05, 0) is 24.6 Å². The first kappa shape index (κ1) is 16.6. The SMILES string of the molecule is O=C1COc2ncc(C(=O)N3CCC(COc4ccccc4)C3)cc2C1. The molecule has 6 nitrogen and oxygen atoms in total. The molecule has 2 aromatic rings. The average Bonchev–Trinajstić information content (AvgIpc) is 3.15. The second kappa shape index (κ2) is 7.15. The number of para-hydroxylation sites is 1. The largest absolute Gasteiger partial charge is 0.493 e. The van der Waals surface area contributed by atoms with Crippen molar-refractivity contribution in [3.05, 3.63) is 53.7 Å². The summed E-state index contributed by atoms with van der Waals surface area (Å²) in [6.07, 6.45) is 2.72.